The molecule has 3 aliphatic rings. The quantitative estimate of drug-likeness (QED) is 0.169. The summed E-state index contributed by atoms with van der Waals surface area (Å²) in [5.41, 5.74) is 23.7. The van der Waals surface area contributed by atoms with Crippen LogP contribution in [0.25, 0.3) is 55.6 Å². The van der Waals surface area contributed by atoms with Crippen LogP contribution in [0.15, 0.2) is 212 Å². The summed E-state index contributed by atoms with van der Waals surface area (Å²) in [6, 6.07) is 79.2. The maximum Gasteiger partial charge on any atom is 0.0725 e. The van der Waals surface area contributed by atoms with E-state index in [0.29, 0.717) is 0 Å². The topological polar surface area (TPSA) is 3.24 Å². The van der Waals surface area contributed by atoms with Crippen molar-refractivity contribution in [3.8, 4) is 55.6 Å². The second kappa shape index (κ2) is 12.6. The fourth-order valence-electron chi connectivity index (χ4n) is 11.0. The van der Waals surface area contributed by atoms with E-state index < -0.39 is 5.41 Å². The van der Waals surface area contributed by atoms with Gasteiger partial charge in [-0.2, -0.15) is 0 Å². The van der Waals surface area contributed by atoms with Gasteiger partial charge in [0.15, 0.2) is 0 Å². The van der Waals surface area contributed by atoms with Gasteiger partial charge in [-0.1, -0.05) is 196 Å². The number of fused-ring (bicyclic) bond motifs is 13. The first-order valence-electron chi connectivity index (χ1n) is 20.8. The van der Waals surface area contributed by atoms with E-state index in [1.54, 1.807) is 0 Å². The maximum atomic E-state index is 2.50. The van der Waals surface area contributed by atoms with Gasteiger partial charge >= 0.3 is 0 Å². The summed E-state index contributed by atoms with van der Waals surface area (Å²) in [6.45, 7) is 4.74. The zero-order valence-electron chi connectivity index (χ0n) is 33.2. The van der Waals surface area contributed by atoms with E-state index in [1.807, 2.05) is 0 Å². The molecule has 0 aromatic heterocycles. The summed E-state index contributed by atoms with van der Waals surface area (Å²) in [6.07, 6.45) is 0. The molecule has 59 heavy (non-hydrogen) atoms. The van der Waals surface area contributed by atoms with Crippen LogP contribution in [0.5, 0.6) is 0 Å². The number of hydrogen-bond acceptors (Lipinski definition) is 1. The summed E-state index contributed by atoms with van der Waals surface area (Å²) in [5, 5.41) is 0. The SMILES string of the molecule is CC1(C)c2ccccc2-c2ccc(N(c3ccccc3)c3cc(-c4ccccc4)ccc3-c3cccc4c3-c3ccccc3C43c4ccccc4-c4ccccc43)cc21. The van der Waals surface area contributed by atoms with E-state index >= 15 is 0 Å². The Balaban J connectivity index is 1.15. The first kappa shape index (κ1) is 33.9. The lowest BCUT2D eigenvalue weighted by molar-refractivity contribution is 0.660. The van der Waals surface area contributed by atoms with Crippen molar-refractivity contribution in [2.75, 3.05) is 4.90 Å². The fourth-order valence-corrected chi connectivity index (χ4v) is 11.0. The Hall–Kier alpha value is -7.22. The standard InChI is InChI=1S/C58H41N/c1-57(2)49-27-13-9-22-42(49)45-35-33-41(37-54(45)57)59(40-20-7-4-8-21-40)55-36-39(38-18-5-3-6-19-38)32-34-46(55)47-26-17-31-53-56(47)48-25-12-16-30-52(48)58(53)50-28-14-10-23-43(50)44-24-11-15-29-51(44)58/h3-37H,1-2H3. The van der Waals surface area contributed by atoms with Crippen LogP contribution in [-0.4, -0.2) is 0 Å². The molecule has 0 unspecified atom stereocenters. The van der Waals surface area contributed by atoms with Gasteiger partial charge in [0.1, 0.15) is 0 Å². The van der Waals surface area contributed by atoms with Crippen LogP contribution >= 0.6 is 0 Å². The Labute approximate surface area is 346 Å². The van der Waals surface area contributed by atoms with E-state index in [0.717, 1.165) is 17.1 Å². The molecule has 0 atom stereocenters. The molecule has 0 aliphatic heterocycles. The van der Waals surface area contributed by atoms with Crippen molar-refractivity contribution in [3.05, 3.63) is 246 Å². The van der Waals surface area contributed by atoms with Gasteiger partial charge in [-0.05, 0) is 114 Å². The van der Waals surface area contributed by atoms with Crippen molar-refractivity contribution in [2.45, 2.75) is 24.7 Å². The molecule has 0 saturated heterocycles. The summed E-state index contributed by atoms with van der Waals surface area (Å²) in [7, 11) is 0. The lowest BCUT2D eigenvalue weighted by atomic mass is 9.70. The molecule has 0 bridgehead atoms. The van der Waals surface area contributed by atoms with Crippen LogP contribution in [0.1, 0.15) is 47.2 Å². The van der Waals surface area contributed by atoms with Crippen LogP contribution in [0.4, 0.5) is 17.1 Å². The third-order valence-corrected chi connectivity index (χ3v) is 13.5. The number of anilines is 3. The van der Waals surface area contributed by atoms with Gasteiger partial charge < -0.3 is 4.90 Å². The number of hydrogen-bond donors (Lipinski definition) is 0. The Morgan fingerprint density at radius 1 is 0.305 bits per heavy atom. The van der Waals surface area contributed by atoms with Crippen molar-refractivity contribution in [1.29, 1.82) is 0 Å². The zero-order valence-corrected chi connectivity index (χ0v) is 33.2. The largest absolute Gasteiger partial charge is 0.310 e. The molecule has 9 aromatic carbocycles. The van der Waals surface area contributed by atoms with Crippen molar-refractivity contribution in [1.82, 2.24) is 0 Å². The molecule has 0 fully saturated rings. The molecule has 0 N–H and O–H groups in total. The Morgan fingerprint density at radius 2 is 0.797 bits per heavy atom. The molecule has 9 aromatic rings. The van der Waals surface area contributed by atoms with Gasteiger partial charge in [-0.25, -0.2) is 0 Å². The van der Waals surface area contributed by atoms with Crippen LogP contribution < -0.4 is 4.90 Å². The van der Waals surface area contributed by atoms with Gasteiger partial charge in [0.25, 0.3) is 0 Å². The monoisotopic (exact) mass is 751 g/mol. The van der Waals surface area contributed by atoms with E-state index in [2.05, 4.69) is 231 Å². The average molecular weight is 752 g/mol. The predicted octanol–water partition coefficient (Wildman–Crippen LogP) is 15.1. The lowest BCUT2D eigenvalue weighted by Crippen LogP contribution is -2.25. The van der Waals surface area contributed by atoms with Crippen LogP contribution in [-0.2, 0) is 10.8 Å². The number of benzene rings is 9. The molecule has 1 spiro atoms. The predicted molar refractivity (Wildman–Crippen MR) is 246 cm³/mol. The highest BCUT2D eigenvalue weighted by atomic mass is 15.1. The van der Waals surface area contributed by atoms with Gasteiger partial charge in [0.2, 0.25) is 0 Å². The highest BCUT2D eigenvalue weighted by Crippen LogP contribution is 2.64. The average Bonchev–Trinajstić information content (AvgIpc) is 3.86. The molecule has 0 amide bonds. The molecule has 278 valence electrons. The minimum absolute atomic E-state index is 0.134. The van der Waals surface area contributed by atoms with Gasteiger partial charge in [0, 0.05) is 22.4 Å². The van der Waals surface area contributed by atoms with E-state index in [9.17, 15) is 0 Å². The van der Waals surface area contributed by atoms with Crippen LogP contribution in [0.3, 0.4) is 0 Å². The molecule has 1 nitrogen and oxygen atoms in total. The first-order valence-corrected chi connectivity index (χ1v) is 20.8. The molecule has 1 heteroatoms. The normalized spacial score (nSPS) is 14.2. The van der Waals surface area contributed by atoms with Crippen molar-refractivity contribution in [2.24, 2.45) is 0 Å². The molecule has 12 rings (SSSR count). The molecule has 0 saturated carbocycles. The van der Waals surface area contributed by atoms with E-state index in [-0.39, 0.29) is 5.41 Å². The van der Waals surface area contributed by atoms with Crippen molar-refractivity contribution in [3.63, 3.8) is 0 Å². The Bertz CT molecular complexity index is 3090. The summed E-state index contributed by atoms with van der Waals surface area (Å²) in [4.78, 5) is 2.50. The fraction of sp³-hybridized carbons (Fsp3) is 0.0690. The molecule has 3 aliphatic carbocycles. The molecular formula is C58H41N. The highest BCUT2D eigenvalue weighted by molar-refractivity contribution is 6.03. The third kappa shape index (κ3) is 4.67. The van der Waals surface area contributed by atoms with E-state index in [1.165, 1.54) is 89.0 Å². The molecule has 0 radical (unpaired) electrons. The lowest BCUT2D eigenvalue weighted by Gasteiger charge is -2.31. The smallest absolute Gasteiger partial charge is 0.0725 e. The van der Waals surface area contributed by atoms with Crippen molar-refractivity contribution < 1.29 is 0 Å². The minimum Gasteiger partial charge on any atom is -0.310 e. The van der Waals surface area contributed by atoms with E-state index in [4.69, 9.17) is 0 Å². The zero-order chi connectivity index (χ0) is 39.3. The summed E-state index contributed by atoms with van der Waals surface area (Å²) in [5.74, 6) is 0. The number of nitrogens with zero attached hydrogens (tertiary/aromatic N) is 1. The maximum absolute atomic E-state index is 2.50. The molecule has 0 heterocycles. The Morgan fingerprint density at radius 3 is 1.47 bits per heavy atom. The Kier molecular flexibility index (Phi) is 7.26. The second-order valence-electron chi connectivity index (χ2n) is 16.8. The summed E-state index contributed by atoms with van der Waals surface area (Å²) < 4.78 is 0. The number of rotatable bonds is 5. The summed E-state index contributed by atoms with van der Waals surface area (Å²) >= 11 is 0. The number of para-hydroxylation sites is 1. The van der Waals surface area contributed by atoms with Gasteiger partial charge in [-0.3, -0.25) is 0 Å². The second-order valence-corrected chi connectivity index (χ2v) is 16.8. The van der Waals surface area contributed by atoms with Crippen LogP contribution in [0.2, 0.25) is 0 Å². The third-order valence-electron chi connectivity index (χ3n) is 13.5. The van der Waals surface area contributed by atoms with Gasteiger partial charge in [0.05, 0.1) is 11.1 Å². The highest BCUT2D eigenvalue weighted by Gasteiger charge is 2.52. The van der Waals surface area contributed by atoms with Gasteiger partial charge in [-0.15, -0.1) is 0 Å². The van der Waals surface area contributed by atoms with Crippen LogP contribution in [0, 0.1) is 0 Å². The first-order chi connectivity index (χ1) is 29.0. The minimum atomic E-state index is -0.418. The molecular weight excluding hydrogens is 711 g/mol. The van der Waals surface area contributed by atoms with Crippen molar-refractivity contribution >= 4 is 17.1 Å².